The summed E-state index contributed by atoms with van der Waals surface area (Å²) in [5.74, 6) is 0. The smallest absolute Gasteiger partial charge is 0.116 e. The molecule has 0 bridgehead atoms. The highest BCUT2D eigenvalue weighted by Crippen LogP contribution is 2.30. The largest absolute Gasteiger partial charge is 0.243 e. The maximum atomic E-state index is 8.66. The molecule has 5 heteroatoms. The van der Waals surface area contributed by atoms with Gasteiger partial charge in [0.05, 0.1) is 9.90 Å². The minimum Gasteiger partial charge on any atom is -0.243 e. The van der Waals surface area contributed by atoms with Crippen molar-refractivity contribution in [2.24, 2.45) is 0 Å². The van der Waals surface area contributed by atoms with E-state index in [0.717, 1.165) is 4.88 Å². The van der Waals surface area contributed by atoms with Gasteiger partial charge in [-0.1, -0.05) is 11.6 Å². The molecular formula is C9H4ClN3S. The fraction of sp³-hybridized carbons (Fsp3) is 0. The fourth-order valence-electron chi connectivity index (χ4n) is 1.02. The third kappa shape index (κ3) is 1.60. The van der Waals surface area contributed by atoms with E-state index in [0.29, 0.717) is 15.6 Å². The Hall–Kier alpha value is -1.44. The first-order valence-electron chi connectivity index (χ1n) is 3.77. The van der Waals surface area contributed by atoms with Gasteiger partial charge < -0.3 is 0 Å². The van der Waals surface area contributed by atoms with Crippen molar-refractivity contribution in [3.05, 3.63) is 34.6 Å². The lowest BCUT2D eigenvalue weighted by Crippen LogP contribution is -1.82. The third-order valence-electron chi connectivity index (χ3n) is 1.62. The van der Waals surface area contributed by atoms with Crippen LogP contribution in [0.3, 0.4) is 0 Å². The number of halogens is 1. The lowest BCUT2D eigenvalue weighted by molar-refractivity contribution is 1.18. The predicted molar refractivity (Wildman–Crippen MR) is 55.1 cm³/mol. The molecule has 0 aliphatic rings. The van der Waals surface area contributed by atoms with Crippen molar-refractivity contribution >= 4 is 22.9 Å². The first kappa shape index (κ1) is 9.13. The van der Waals surface area contributed by atoms with Gasteiger partial charge in [-0.2, -0.15) is 5.26 Å². The normalized spacial score (nSPS) is 9.71. The van der Waals surface area contributed by atoms with E-state index < -0.39 is 0 Å². The van der Waals surface area contributed by atoms with Crippen molar-refractivity contribution in [2.75, 3.05) is 0 Å². The van der Waals surface area contributed by atoms with E-state index in [1.54, 1.807) is 6.07 Å². The van der Waals surface area contributed by atoms with Gasteiger partial charge in [-0.3, -0.25) is 0 Å². The summed E-state index contributed by atoms with van der Waals surface area (Å²) in [4.78, 5) is 9.38. The molecule has 0 saturated carbocycles. The zero-order valence-corrected chi connectivity index (χ0v) is 8.51. The Morgan fingerprint density at radius 1 is 1.43 bits per heavy atom. The van der Waals surface area contributed by atoms with Gasteiger partial charge in [0.2, 0.25) is 0 Å². The minimum atomic E-state index is 0.499. The standard InChI is InChI=1S/C9H4ClN3S/c10-7-4-12-5-13-9(7)8-2-1-6(3-11)14-8/h1-2,4-5H. The second kappa shape index (κ2) is 3.74. The number of rotatable bonds is 1. The molecule has 2 heterocycles. The molecule has 3 nitrogen and oxygen atoms in total. The highest BCUT2D eigenvalue weighted by Gasteiger charge is 2.07. The Labute approximate surface area is 89.6 Å². The molecule has 0 saturated heterocycles. The van der Waals surface area contributed by atoms with Crippen molar-refractivity contribution in [3.8, 4) is 16.6 Å². The maximum Gasteiger partial charge on any atom is 0.116 e. The summed E-state index contributed by atoms with van der Waals surface area (Å²) in [6.45, 7) is 0. The molecule has 2 aromatic rings. The van der Waals surface area contributed by atoms with Gasteiger partial charge in [0.1, 0.15) is 23.0 Å². The third-order valence-corrected chi connectivity index (χ3v) is 2.89. The Morgan fingerprint density at radius 3 is 2.93 bits per heavy atom. The Kier molecular flexibility index (Phi) is 2.44. The Bertz CT molecular complexity index is 501. The van der Waals surface area contributed by atoms with E-state index in [1.807, 2.05) is 6.07 Å². The van der Waals surface area contributed by atoms with Crippen LogP contribution >= 0.6 is 22.9 Å². The van der Waals surface area contributed by atoms with Crippen LogP contribution in [0.25, 0.3) is 10.6 Å². The van der Waals surface area contributed by atoms with Gasteiger partial charge in [0, 0.05) is 6.20 Å². The highest BCUT2D eigenvalue weighted by molar-refractivity contribution is 7.16. The molecule has 0 fully saturated rings. The summed E-state index contributed by atoms with van der Waals surface area (Å²) in [6.07, 6.45) is 2.97. The lowest BCUT2D eigenvalue weighted by atomic mass is 10.3. The molecular weight excluding hydrogens is 218 g/mol. The molecule has 0 N–H and O–H groups in total. The summed E-state index contributed by atoms with van der Waals surface area (Å²) in [7, 11) is 0. The first-order valence-corrected chi connectivity index (χ1v) is 4.96. The van der Waals surface area contributed by atoms with Crippen LogP contribution in [0, 0.1) is 11.3 Å². The predicted octanol–water partition coefficient (Wildman–Crippen LogP) is 2.73. The van der Waals surface area contributed by atoms with Gasteiger partial charge in [-0.05, 0) is 12.1 Å². The fourth-order valence-corrected chi connectivity index (χ4v) is 2.10. The van der Waals surface area contributed by atoms with Crippen molar-refractivity contribution in [1.82, 2.24) is 9.97 Å². The van der Waals surface area contributed by atoms with Crippen LogP contribution < -0.4 is 0 Å². The summed E-state index contributed by atoms with van der Waals surface area (Å²) in [5.41, 5.74) is 0.674. The molecule has 0 aromatic carbocycles. The lowest BCUT2D eigenvalue weighted by Gasteiger charge is -1.96. The quantitative estimate of drug-likeness (QED) is 0.744. The first-order chi connectivity index (χ1) is 6.81. The van der Waals surface area contributed by atoms with Crippen LogP contribution in [-0.2, 0) is 0 Å². The van der Waals surface area contributed by atoms with Crippen LogP contribution in [0.2, 0.25) is 5.02 Å². The summed E-state index contributed by atoms with van der Waals surface area (Å²) in [6, 6.07) is 5.65. The van der Waals surface area contributed by atoms with Gasteiger partial charge >= 0.3 is 0 Å². The molecule has 2 aromatic heterocycles. The molecule has 2 rings (SSSR count). The van der Waals surface area contributed by atoms with Gasteiger partial charge in [0.15, 0.2) is 0 Å². The molecule has 0 aliphatic carbocycles. The second-order valence-electron chi connectivity index (χ2n) is 2.49. The molecule has 0 unspecified atom stereocenters. The summed E-state index contributed by atoms with van der Waals surface area (Å²) in [5, 5.41) is 9.16. The van der Waals surface area contributed by atoms with E-state index >= 15 is 0 Å². The van der Waals surface area contributed by atoms with Crippen molar-refractivity contribution < 1.29 is 0 Å². The highest BCUT2D eigenvalue weighted by atomic mass is 35.5. The zero-order valence-electron chi connectivity index (χ0n) is 6.94. The average molecular weight is 222 g/mol. The van der Waals surface area contributed by atoms with Gasteiger partial charge in [-0.15, -0.1) is 11.3 Å². The van der Waals surface area contributed by atoms with Crippen LogP contribution in [-0.4, -0.2) is 9.97 Å². The zero-order chi connectivity index (χ0) is 9.97. The van der Waals surface area contributed by atoms with Crippen LogP contribution in [0.1, 0.15) is 4.88 Å². The maximum absolute atomic E-state index is 8.66. The molecule has 68 valence electrons. The van der Waals surface area contributed by atoms with Gasteiger partial charge in [-0.25, -0.2) is 9.97 Å². The summed E-state index contributed by atoms with van der Waals surface area (Å²) < 4.78 is 0. The topological polar surface area (TPSA) is 49.6 Å². The molecule has 0 spiro atoms. The van der Waals surface area contributed by atoms with E-state index in [-0.39, 0.29) is 0 Å². The van der Waals surface area contributed by atoms with Crippen molar-refractivity contribution in [1.29, 1.82) is 5.26 Å². The number of aromatic nitrogens is 2. The number of nitrogens with zero attached hydrogens (tertiary/aromatic N) is 3. The number of hydrogen-bond donors (Lipinski definition) is 0. The van der Waals surface area contributed by atoms with Crippen LogP contribution in [0.5, 0.6) is 0 Å². The van der Waals surface area contributed by atoms with E-state index in [9.17, 15) is 0 Å². The SMILES string of the molecule is N#Cc1ccc(-c2ncncc2Cl)s1. The number of nitriles is 1. The number of hydrogen-bond acceptors (Lipinski definition) is 4. The molecule has 0 amide bonds. The monoisotopic (exact) mass is 221 g/mol. The molecule has 0 aliphatic heterocycles. The van der Waals surface area contributed by atoms with Crippen LogP contribution in [0.4, 0.5) is 0 Å². The molecule has 0 atom stereocenters. The van der Waals surface area contributed by atoms with E-state index in [1.165, 1.54) is 23.9 Å². The number of thiophene rings is 1. The molecule has 14 heavy (non-hydrogen) atoms. The minimum absolute atomic E-state index is 0.499. The van der Waals surface area contributed by atoms with E-state index in [4.69, 9.17) is 16.9 Å². The summed E-state index contributed by atoms with van der Waals surface area (Å²) >= 11 is 7.27. The molecule has 0 radical (unpaired) electrons. The van der Waals surface area contributed by atoms with Crippen LogP contribution in [0.15, 0.2) is 24.7 Å². The Morgan fingerprint density at radius 2 is 2.29 bits per heavy atom. The van der Waals surface area contributed by atoms with Crippen molar-refractivity contribution in [3.63, 3.8) is 0 Å². The second-order valence-corrected chi connectivity index (χ2v) is 3.99. The Balaban J connectivity index is 2.51. The van der Waals surface area contributed by atoms with E-state index in [2.05, 4.69) is 16.0 Å². The van der Waals surface area contributed by atoms with Gasteiger partial charge in [0.25, 0.3) is 0 Å². The average Bonchev–Trinajstić information content (AvgIpc) is 2.67. The van der Waals surface area contributed by atoms with Crippen molar-refractivity contribution in [2.45, 2.75) is 0 Å².